The predicted octanol–water partition coefficient (Wildman–Crippen LogP) is 1.54. The minimum atomic E-state index is -0.709. The van der Waals surface area contributed by atoms with Gasteiger partial charge in [-0.3, -0.25) is 4.79 Å². The van der Waals surface area contributed by atoms with Gasteiger partial charge in [0.15, 0.2) is 0 Å². The fraction of sp³-hybridized carbons (Fsp3) is 0.667. The molecule has 2 N–H and O–H groups in total. The van der Waals surface area contributed by atoms with Gasteiger partial charge in [0.1, 0.15) is 0 Å². The topological polar surface area (TPSA) is 59.2 Å². The average Bonchev–Trinajstić information content (AvgIpc) is 3.03. The first-order valence-electron chi connectivity index (χ1n) is 5.86. The van der Waals surface area contributed by atoms with E-state index >= 15 is 0 Å². The van der Waals surface area contributed by atoms with E-state index in [2.05, 4.69) is 4.98 Å². The van der Waals surface area contributed by atoms with Crippen LogP contribution in [0, 0.1) is 12.8 Å². The van der Waals surface area contributed by atoms with Crippen LogP contribution in [0.3, 0.4) is 0 Å². The summed E-state index contributed by atoms with van der Waals surface area (Å²) in [7, 11) is 1.80. The van der Waals surface area contributed by atoms with Crippen molar-refractivity contribution in [1.29, 1.82) is 0 Å². The van der Waals surface area contributed by atoms with Gasteiger partial charge >= 0.3 is 0 Å². The van der Waals surface area contributed by atoms with E-state index in [1.807, 2.05) is 19.2 Å². The highest BCUT2D eigenvalue weighted by Crippen LogP contribution is 2.38. The molecular formula is C12H19N3OS. The molecule has 4 nitrogen and oxygen atoms in total. The Morgan fingerprint density at radius 3 is 2.82 bits per heavy atom. The van der Waals surface area contributed by atoms with E-state index in [1.165, 1.54) is 0 Å². The van der Waals surface area contributed by atoms with Crippen LogP contribution in [0.4, 0.5) is 0 Å². The number of rotatable bonds is 4. The van der Waals surface area contributed by atoms with E-state index in [0.717, 1.165) is 23.5 Å². The summed E-state index contributed by atoms with van der Waals surface area (Å²) in [5, 5.41) is 3.02. The first kappa shape index (κ1) is 12.5. The Morgan fingerprint density at radius 1 is 1.71 bits per heavy atom. The zero-order valence-electron chi connectivity index (χ0n) is 10.6. The summed E-state index contributed by atoms with van der Waals surface area (Å²) >= 11 is 1.60. The third kappa shape index (κ3) is 2.66. The minimum Gasteiger partial charge on any atom is -0.338 e. The molecule has 0 radical (unpaired) electrons. The van der Waals surface area contributed by atoms with E-state index in [4.69, 9.17) is 5.73 Å². The Balaban J connectivity index is 1.99. The lowest BCUT2D eigenvalue weighted by atomic mass is 9.95. The molecule has 94 valence electrons. The number of aryl methyl sites for hydroxylation is 1. The minimum absolute atomic E-state index is 0.0191. The summed E-state index contributed by atoms with van der Waals surface area (Å²) in [6.07, 6.45) is 2.14. The molecule has 0 aliphatic heterocycles. The van der Waals surface area contributed by atoms with Crippen molar-refractivity contribution in [2.45, 2.75) is 38.8 Å². The van der Waals surface area contributed by atoms with E-state index in [-0.39, 0.29) is 5.91 Å². The number of likely N-dealkylation sites (N-methyl/N-ethyl adjacent to an activating group) is 1. The predicted molar refractivity (Wildman–Crippen MR) is 68.6 cm³/mol. The maximum absolute atomic E-state index is 12.2. The zero-order chi connectivity index (χ0) is 12.6. The highest BCUT2D eigenvalue weighted by Gasteiger charge is 2.45. The summed E-state index contributed by atoms with van der Waals surface area (Å²) in [5.74, 6) is 0.375. The standard InChI is InChI=1S/C12H19N3OS/c1-8-14-10(7-17-8)6-15(3)11(16)12(2,13)9-4-5-9/h7,9H,4-6,13H2,1-3H3. The second-order valence-electron chi connectivity index (χ2n) is 5.08. The van der Waals surface area contributed by atoms with Gasteiger partial charge in [-0.1, -0.05) is 0 Å². The van der Waals surface area contributed by atoms with Crippen molar-refractivity contribution in [3.05, 3.63) is 16.1 Å². The molecule has 0 spiro atoms. The number of carbonyl (C=O) groups excluding carboxylic acids is 1. The van der Waals surface area contributed by atoms with Crippen molar-refractivity contribution in [1.82, 2.24) is 9.88 Å². The SMILES string of the molecule is Cc1nc(CN(C)C(=O)C(C)(N)C2CC2)cs1. The van der Waals surface area contributed by atoms with Crippen molar-refractivity contribution in [3.63, 3.8) is 0 Å². The molecule has 1 fully saturated rings. The van der Waals surface area contributed by atoms with Gasteiger partial charge in [0.05, 0.1) is 22.8 Å². The Bertz CT molecular complexity index is 423. The van der Waals surface area contributed by atoms with Gasteiger partial charge in [-0.25, -0.2) is 4.98 Å². The van der Waals surface area contributed by atoms with Crippen LogP contribution < -0.4 is 5.73 Å². The van der Waals surface area contributed by atoms with Gasteiger partial charge in [-0.15, -0.1) is 11.3 Å². The number of thiazole rings is 1. The number of nitrogens with zero attached hydrogens (tertiary/aromatic N) is 2. The summed E-state index contributed by atoms with van der Waals surface area (Å²) in [6, 6.07) is 0. The molecule has 0 bridgehead atoms. The lowest BCUT2D eigenvalue weighted by Gasteiger charge is -2.28. The molecule has 1 aromatic heterocycles. The van der Waals surface area contributed by atoms with E-state index in [0.29, 0.717) is 12.5 Å². The molecule has 0 aromatic carbocycles. The van der Waals surface area contributed by atoms with Gasteiger partial charge in [0, 0.05) is 12.4 Å². The highest BCUT2D eigenvalue weighted by atomic mass is 32.1. The second-order valence-corrected chi connectivity index (χ2v) is 6.14. The van der Waals surface area contributed by atoms with Gasteiger partial charge in [-0.05, 0) is 32.6 Å². The van der Waals surface area contributed by atoms with Crippen LogP contribution in [-0.4, -0.2) is 28.4 Å². The molecule has 1 atom stereocenters. The van der Waals surface area contributed by atoms with Crippen molar-refractivity contribution in [2.75, 3.05) is 7.05 Å². The molecule has 17 heavy (non-hydrogen) atoms. The molecule has 2 rings (SSSR count). The second kappa shape index (κ2) is 4.38. The molecule has 1 saturated carbocycles. The molecule has 1 unspecified atom stereocenters. The number of aromatic nitrogens is 1. The fourth-order valence-corrected chi connectivity index (χ4v) is 2.67. The van der Waals surface area contributed by atoms with Crippen LogP contribution in [-0.2, 0) is 11.3 Å². The Hall–Kier alpha value is -0.940. The number of nitrogens with two attached hydrogens (primary N) is 1. The maximum Gasteiger partial charge on any atom is 0.242 e. The van der Waals surface area contributed by atoms with Crippen molar-refractivity contribution >= 4 is 17.2 Å². The molecule has 1 aliphatic rings. The largest absolute Gasteiger partial charge is 0.338 e. The van der Waals surface area contributed by atoms with Crippen molar-refractivity contribution in [2.24, 2.45) is 11.7 Å². The molecule has 1 amide bonds. The number of hydrogen-bond acceptors (Lipinski definition) is 4. The molecule has 5 heteroatoms. The normalized spacial score (nSPS) is 18.8. The van der Waals surface area contributed by atoms with E-state index < -0.39 is 5.54 Å². The first-order chi connectivity index (χ1) is 7.91. The number of carbonyl (C=O) groups is 1. The smallest absolute Gasteiger partial charge is 0.242 e. The van der Waals surface area contributed by atoms with Gasteiger partial charge in [0.2, 0.25) is 5.91 Å². The molecule has 0 saturated heterocycles. The molecule has 1 heterocycles. The van der Waals surface area contributed by atoms with E-state index in [1.54, 1.807) is 23.3 Å². The Kier molecular flexibility index (Phi) is 3.23. The van der Waals surface area contributed by atoms with Gasteiger partial charge < -0.3 is 10.6 Å². The van der Waals surface area contributed by atoms with Crippen molar-refractivity contribution < 1.29 is 4.79 Å². The monoisotopic (exact) mass is 253 g/mol. The third-order valence-electron chi connectivity index (χ3n) is 3.30. The van der Waals surface area contributed by atoms with Crippen LogP contribution in [0.15, 0.2) is 5.38 Å². The molecular weight excluding hydrogens is 234 g/mol. The van der Waals surface area contributed by atoms with Crippen LogP contribution in [0.1, 0.15) is 30.5 Å². The summed E-state index contributed by atoms with van der Waals surface area (Å²) in [4.78, 5) is 18.3. The lowest BCUT2D eigenvalue weighted by molar-refractivity contribution is -0.136. The van der Waals surface area contributed by atoms with E-state index in [9.17, 15) is 4.79 Å². The fourth-order valence-electron chi connectivity index (χ4n) is 2.06. The summed E-state index contributed by atoms with van der Waals surface area (Å²) in [6.45, 7) is 4.35. The number of hydrogen-bond donors (Lipinski definition) is 1. The van der Waals surface area contributed by atoms with Crippen LogP contribution in [0.2, 0.25) is 0 Å². The average molecular weight is 253 g/mol. The van der Waals surface area contributed by atoms with Crippen LogP contribution in [0.25, 0.3) is 0 Å². The maximum atomic E-state index is 12.2. The van der Waals surface area contributed by atoms with Crippen LogP contribution in [0.5, 0.6) is 0 Å². The quantitative estimate of drug-likeness (QED) is 0.885. The van der Waals surface area contributed by atoms with Gasteiger partial charge in [0.25, 0.3) is 0 Å². The molecule has 1 aromatic rings. The number of amides is 1. The Labute approximate surface area is 106 Å². The lowest BCUT2D eigenvalue weighted by Crippen LogP contribution is -2.53. The highest BCUT2D eigenvalue weighted by molar-refractivity contribution is 7.09. The first-order valence-corrected chi connectivity index (χ1v) is 6.74. The van der Waals surface area contributed by atoms with Gasteiger partial charge in [-0.2, -0.15) is 0 Å². The summed E-state index contributed by atoms with van der Waals surface area (Å²) < 4.78 is 0. The third-order valence-corrected chi connectivity index (χ3v) is 4.12. The van der Waals surface area contributed by atoms with Crippen LogP contribution >= 0.6 is 11.3 Å². The molecule has 1 aliphatic carbocycles. The van der Waals surface area contributed by atoms with Crippen molar-refractivity contribution in [3.8, 4) is 0 Å². The summed E-state index contributed by atoms with van der Waals surface area (Å²) in [5.41, 5.74) is 6.35. The zero-order valence-corrected chi connectivity index (χ0v) is 11.4. The Morgan fingerprint density at radius 2 is 2.35 bits per heavy atom.